The number of allylic oxidation sites excluding steroid dienone is 2. The van der Waals surface area contributed by atoms with Gasteiger partial charge in [-0.1, -0.05) is 48.5 Å². The zero-order chi connectivity index (χ0) is 21.8. The Morgan fingerprint density at radius 3 is 2.52 bits per heavy atom. The van der Waals surface area contributed by atoms with Gasteiger partial charge in [-0.05, 0) is 45.3 Å². The Hall–Kier alpha value is -3.65. The number of nitrogens with zero attached hydrogens (tertiary/aromatic N) is 4. The van der Waals surface area contributed by atoms with Crippen molar-refractivity contribution in [2.75, 3.05) is 0 Å². The van der Waals surface area contributed by atoms with Gasteiger partial charge in [0, 0.05) is 19.0 Å². The van der Waals surface area contributed by atoms with Crippen molar-refractivity contribution in [3.63, 3.8) is 0 Å². The maximum Gasteiger partial charge on any atom is 0.309 e. The number of aliphatic hydroxyl groups excluding tert-OH is 1. The molecule has 1 N–H and O–H groups in total. The van der Waals surface area contributed by atoms with Crippen LogP contribution in [0.25, 0.3) is 11.1 Å². The lowest BCUT2D eigenvalue weighted by Gasteiger charge is -2.23. The molecule has 3 aromatic rings. The molecule has 31 heavy (non-hydrogen) atoms. The lowest BCUT2D eigenvalue weighted by atomic mass is 9.91. The highest BCUT2D eigenvalue weighted by Gasteiger charge is 2.26. The molecule has 0 bridgehead atoms. The molecule has 2 atom stereocenters. The molecule has 2 aromatic carbocycles. The maximum atomic E-state index is 13.6. The highest BCUT2D eigenvalue weighted by atomic mass is 19.1. The average Bonchev–Trinajstić information content (AvgIpc) is 3.17. The van der Waals surface area contributed by atoms with E-state index in [4.69, 9.17) is 4.74 Å². The van der Waals surface area contributed by atoms with Crippen LogP contribution < -0.4 is 0 Å². The minimum atomic E-state index is -0.745. The lowest BCUT2D eigenvalue weighted by molar-refractivity contribution is -0.156. The van der Waals surface area contributed by atoms with Gasteiger partial charge in [0.1, 0.15) is 11.9 Å². The summed E-state index contributed by atoms with van der Waals surface area (Å²) in [6, 6.07) is 15.8. The number of esters is 1. The molecule has 158 valence electrons. The third-order valence-corrected chi connectivity index (χ3v) is 4.99. The minimum Gasteiger partial charge on any atom is -0.458 e. The van der Waals surface area contributed by atoms with Crippen molar-refractivity contribution in [2.24, 2.45) is 7.05 Å². The van der Waals surface area contributed by atoms with Crippen LogP contribution in [0, 0.1) is 5.82 Å². The summed E-state index contributed by atoms with van der Waals surface area (Å²) >= 11 is 0. The smallest absolute Gasteiger partial charge is 0.309 e. The summed E-state index contributed by atoms with van der Waals surface area (Å²) in [7, 11) is 1.72. The largest absolute Gasteiger partial charge is 0.458 e. The van der Waals surface area contributed by atoms with E-state index in [1.165, 1.54) is 16.8 Å². The lowest BCUT2D eigenvalue weighted by Crippen LogP contribution is -2.31. The van der Waals surface area contributed by atoms with E-state index in [-0.39, 0.29) is 12.2 Å². The normalized spacial score (nSPS) is 19.9. The fourth-order valence-corrected chi connectivity index (χ4v) is 3.56. The average molecular weight is 420 g/mol. The Morgan fingerprint density at radius 2 is 1.87 bits per heavy atom. The van der Waals surface area contributed by atoms with Crippen LogP contribution in [0.1, 0.15) is 29.8 Å². The van der Waals surface area contributed by atoms with E-state index in [1.807, 2.05) is 30.3 Å². The summed E-state index contributed by atoms with van der Waals surface area (Å²) in [5.41, 5.74) is 3.12. The van der Waals surface area contributed by atoms with Crippen LogP contribution in [0.4, 0.5) is 4.39 Å². The number of aliphatic hydroxyl groups is 1. The summed E-state index contributed by atoms with van der Waals surface area (Å²) in [6.45, 7) is 0. The van der Waals surface area contributed by atoms with Crippen LogP contribution in [0.15, 0.2) is 66.7 Å². The first-order chi connectivity index (χ1) is 15.0. The van der Waals surface area contributed by atoms with Crippen LogP contribution in [0.3, 0.4) is 0 Å². The molecular formula is C23H21FN4O3. The van der Waals surface area contributed by atoms with E-state index < -0.39 is 18.2 Å². The van der Waals surface area contributed by atoms with Gasteiger partial charge in [-0.15, -0.1) is 5.10 Å². The number of carbonyl (C=O) groups excluding carboxylic acids is 1. The number of hydrogen-bond acceptors (Lipinski definition) is 6. The number of aryl methyl sites for hydroxylation is 1. The molecule has 0 radical (unpaired) electrons. The zero-order valence-corrected chi connectivity index (χ0v) is 16.9. The van der Waals surface area contributed by atoms with Gasteiger partial charge in [-0.2, -0.15) is 0 Å². The van der Waals surface area contributed by atoms with Crippen LogP contribution >= 0.6 is 0 Å². The molecule has 2 heterocycles. The second kappa shape index (κ2) is 9.01. The van der Waals surface area contributed by atoms with Gasteiger partial charge in [0.05, 0.1) is 12.5 Å². The quantitative estimate of drug-likeness (QED) is 0.504. The predicted molar refractivity (Wildman–Crippen MR) is 112 cm³/mol. The number of hydrogen-bond donors (Lipinski definition) is 1. The minimum absolute atomic E-state index is 0.00884. The van der Waals surface area contributed by atoms with Gasteiger partial charge in [0.15, 0.2) is 5.82 Å². The highest BCUT2D eigenvalue weighted by Crippen LogP contribution is 2.33. The summed E-state index contributed by atoms with van der Waals surface area (Å²) in [5.74, 6) is -0.292. The number of halogens is 1. The first-order valence-corrected chi connectivity index (χ1v) is 9.85. The molecule has 0 unspecified atom stereocenters. The summed E-state index contributed by atoms with van der Waals surface area (Å²) in [4.78, 5) is 11.7. The van der Waals surface area contributed by atoms with Crippen LogP contribution in [-0.2, 0) is 16.6 Å². The Labute approximate surface area is 178 Å². The fraction of sp³-hybridized carbons (Fsp3) is 0.217. The molecule has 7 nitrogen and oxygen atoms in total. The van der Waals surface area contributed by atoms with Gasteiger partial charge >= 0.3 is 5.97 Å². The Bertz CT molecular complexity index is 1120. The molecule has 0 spiro atoms. The number of tetrazole rings is 1. The van der Waals surface area contributed by atoms with Crippen LogP contribution in [0.5, 0.6) is 0 Å². The number of ether oxygens (including phenoxy) is 1. The summed E-state index contributed by atoms with van der Waals surface area (Å²) in [6.07, 6.45) is 2.49. The Morgan fingerprint density at radius 1 is 1.16 bits per heavy atom. The van der Waals surface area contributed by atoms with E-state index in [0.29, 0.717) is 17.8 Å². The topological polar surface area (TPSA) is 90.1 Å². The number of benzene rings is 2. The Kier molecular flexibility index (Phi) is 5.99. The van der Waals surface area contributed by atoms with E-state index in [9.17, 15) is 14.3 Å². The fourth-order valence-electron chi connectivity index (χ4n) is 3.56. The van der Waals surface area contributed by atoms with E-state index in [0.717, 1.165) is 16.7 Å². The third kappa shape index (κ3) is 4.75. The van der Waals surface area contributed by atoms with E-state index in [2.05, 4.69) is 15.5 Å². The molecule has 4 rings (SSSR count). The van der Waals surface area contributed by atoms with Crippen molar-refractivity contribution in [3.8, 4) is 0 Å². The van der Waals surface area contributed by atoms with Gasteiger partial charge in [0.2, 0.25) is 0 Å². The molecule has 1 fully saturated rings. The molecule has 1 saturated heterocycles. The number of cyclic esters (lactones) is 1. The number of rotatable bonds is 5. The van der Waals surface area contributed by atoms with Crippen molar-refractivity contribution in [1.82, 2.24) is 20.2 Å². The number of carbonyl (C=O) groups is 1. The number of aromatic nitrogens is 4. The molecular weight excluding hydrogens is 399 g/mol. The second-order valence-electron chi connectivity index (χ2n) is 7.27. The van der Waals surface area contributed by atoms with E-state index in [1.54, 1.807) is 31.3 Å². The molecule has 8 heteroatoms. The molecule has 0 saturated carbocycles. The highest BCUT2D eigenvalue weighted by molar-refractivity contribution is 6.00. The summed E-state index contributed by atoms with van der Waals surface area (Å²) in [5, 5.41) is 21.8. The zero-order valence-electron chi connectivity index (χ0n) is 16.9. The monoisotopic (exact) mass is 420 g/mol. The van der Waals surface area contributed by atoms with Crippen molar-refractivity contribution in [2.45, 2.75) is 25.0 Å². The first kappa shape index (κ1) is 20.6. The van der Waals surface area contributed by atoms with E-state index >= 15 is 0 Å². The Balaban J connectivity index is 1.89. The van der Waals surface area contributed by atoms with Crippen molar-refractivity contribution >= 4 is 17.1 Å². The summed E-state index contributed by atoms with van der Waals surface area (Å²) < 4.78 is 20.5. The van der Waals surface area contributed by atoms with Gasteiger partial charge in [-0.25, -0.2) is 9.07 Å². The van der Waals surface area contributed by atoms with Crippen molar-refractivity contribution in [1.29, 1.82) is 0 Å². The van der Waals surface area contributed by atoms with Crippen molar-refractivity contribution in [3.05, 3.63) is 89.5 Å². The molecule has 1 aromatic heterocycles. The van der Waals surface area contributed by atoms with Gasteiger partial charge in [-0.3, -0.25) is 4.79 Å². The van der Waals surface area contributed by atoms with Crippen LogP contribution in [0.2, 0.25) is 0 Å². The SMILES string of the molecule is Cn1nnnc1C(C=C[C@H]1C[C@H](O)CC(=O)O1)=C(c1ccccc1)c1ccc(F)cc1. The van der Waals surface area contributed by atoms with Crippen molar-refractivity contribution < 1.29 is 19.0 Å². The molecule has 0 amide bonds. The predicted octanol–water partition coefficient (Wildman–Crippen LogP) is 2.93. The van der Waals surface area contributed by atoms with Gasteiger partial charge in [0.25, 0.3) is 0 Å². The first-order valence-electron chi connectivity index (χ1n) is 9.85. The molecule has 1 aliphatic rings. The molecule has 0 aliphatic carbocycles. The maximum absolute atomic E-state index is 13.6. The second-order valence-corrected chi connectivity index (χ2v) is 7.27. The van der Waals surface area contributed by atoms with Crippen LogP contribution in [-0.4, -0.2) is 43.5 Å². The van der Waals surface area contributed by atoms with Gasteiger partial charge < -0.3 is 9.84 Å². The third-order valence-electron chi connectivity index (χ3n) is 4.99. The standard InChI is InChI=1S/C23H21FN4O3/c1-28-23(25-26-27-28)20(12-11-19-13-18(29)14-21(30)31-19)22(15-5-3-2-4-6-15)16-7-9-17(24)10-8-16/h2-12,18-19,29H,13-14H2,1H3/t18-,19-/m0/s1. The molecule has 1 aliphatic heterocycles.